The molecule has 320 valence electrons. The predicted octanol–water partition coefficient (Wildman–Crippen LogP) is 10.9. The van der Waals surface area contributed by atoms with E-state index in [4.69, 9.17) is 24.8 Å². The van der Waals surface area contributed by atoms with Gasteiger partial charge < -0.3 is 25.2 Å². The molecular weight excluding hydrogens is 733 g/mol. The summed E-state index contributed by atoms with van der Waals surface area (Å²) in [4.78, 5) is 45.9. The molecule has 0 aromatic heterocycles. The maximum Gasteiger partial charge on any atom is 0.472 e. The monoisotopic (exact) mass is 808 g/mol. The van der Waals surface area contributed by atoms with Gasteiger partial charge >= 0.3 is 25.7 Å². The topological polar surface area (TPSA) is 172 Å². The van der Waals surface area contributed by atoms with Crippen LogP contribution in [0.5, 0.6) is 0 Å². The van der Waals surface area contributed by atoms with Crippen LogP contribution >= 0.6 is 7.82 Å². The molecule has 0 spiro atoms. The smallest absolute Gasteiger partial charge is 0.472 e. The molecule has 56 heavy (non-hydrogen) atoms. The van der Waals surface area contributed by atoms with Crippen LogP contribution in [-0.2, 0) is 37.5 Å². The zero-order valence-corrected chi connectivity index (χ0v) is 35.3. The van der Waals surface area contributed by atoms with Gasteiger partial charge in [0, 0.05) is 12.8 Å². The molecule has 0 fully saturated rings. The summed E-state index contributed by atoms with van der Waals surface area (Å²) in [6, 6.07) is -1.53. The fourth-order valence-corrected chi connectivity index (χ4v) is 6.00. The van der Waals surface area contributed by atoms with Crippen molar-refractivity contribution in [1.82, 2.24) is 0 Å². The third-order valence-electron chi connectivity index (χ3n) is 8.53. The lowest BCUT2D eigenvalue weighted by molar-refractivity contribution is -0.161. The molecule has 0 saturated carbocycles. The van der Waals surface area contributed by atoms with Crippen molar-refractivity contribution in [1.29, 1.82) is 0 Å². The Hall–Kier alpha value is -3.08. The van der Waals surface area contributed by atoms with Crippen molar-refractivity contribution in [3.05, 3.63) is 72.9 Å². The minimum absolute atomic E-state index is 0.143. The maximum absolute atomic E-state index is 12.6. The number of carboxylic acid groups (broad SMARTS) is 1. The average molecular weight is 808 g/mol. The first-order valence-corrected chi connectivity index (χ1v) is 22.5. The first-order chi connectivity index (χ1) is 27.1. The number of carbonyl (C=O) groups is 3. The van der Waals surface area contributed by atoms with Gasteiger partial charge in [0.15, 0.2) is 6.10 Å². The zero-order valence-electron chi connectivity index (χ0n) is 34.4. The van der Waals surface area contributed by atoms with Gasteiger partial charge in [-0.05, 0) is 64.2 Å². The summed E-state index contributed by atoms with van der Waals surface area (Å²) in [6.07, 6.45) is 45.3. The number of nitrogens with two attached hydrogens (primary N) is 1. The molecule has 0 aliphatic heterocycles. The first-order valence-electron chi connectivity index (χ1n) is 21.0. The second kappa shape index (κ2) is 38.8. The fourth-order valence-electron chi connectivity index (χ4n) is 5.22. The highest BCUT2D eigenvalue weighted by atomic mass is 31.2. The molecule has 0 aliphatic carbocycles. The van der Waals surface area contributed by atoms with Gasteiger partial charge in [0.25, 0.3) is 0 Å². The number of rotatable bonds is 38. The van der Waals surface area contributed by atoms with Crippen molar-refractivity contribution in [3.63, 3.8) is 0 Å². The van der Waals surface area contributed by atoms with E-state index in [0.717, 1.165) is 77.0 Å². The summed E-state index contributed by atoms with van der Waals surface area (Å²) in [5.74, 6) is -2.43. The predicted molar refractivity (Wildman–Crippen MR) is 226 cm³/mol. The van der Waals surface area contributed by atoms with Crippen molar-refractivity contribution in [2.45, 2.75) is 167 Å². The Morgan fingerprint density at radius 3 is 1.64 bits per heavy atom. The van der Waals surface area contributed by atoms with Gasteiger partial charge in [-0.25, -0.2) is 4.57 Å². The van der Waals surface area contributed by atoms with Gasteiger partial charge in [0.05, 0.1) is 13.2 Å². The molecule has 0 bridgehead atoms. The summed E-state index contributed by atoms with van der Waals surface area (Å²) in [7, 11) is -4.73. The van der Waals surface area contributed by atoms with Crippen LogP contribution in [-0.4, -0.2) is 59.9 Å². The lowest BCUT2D eigenvalue weighted by Crippen LogP contribution is -2.34. The molecule has 1 unspecified atom stereocenters. The summed E-state index contributed by atoms with van der Waals surface area (Å²) in [5, 5.41) is 8.88. The number of phosphoric ester groups is 1. The van der Waals surface area contributed by atoms with E-state index in [2.05, 4.69) is 54.8 Å². The largest absolute Gasteiger partial charge is 0.480 e. The number of hydrogen-bond acceptors (Lipinski definition) is 9. The number of allylic oxidation sites excluding steroid dienone is 12. The SMILES string of the molecule is CC/C=C/C=C/C=C/C=C/CCCCCCCC(=O)OC[C@H](COP(=O)(O)OC[C@H](N)C(=O)O)OC(=O)CCCCCCCCC/C=C/C/C=C/CCCCC. The Morgan fingerprint density at radius 2 is 1.07 bits per heavy atom. The summed E-state index contributed by atoms with van der Waals surface area (Å²) >= 11 is 0. The van der Waals surface area contributed by atoms with Crippen LogP contribution in [0.25, 0.3) is 0 Å². The van der Waals surface area contributed by atoms with Gasteiger partial charge in [0.1, 0.15) is 12.6 Å². The van der Waals surface area contributed by atoms with E-state index in [1.54, 1.807) is 0 Å². The van der Waals surface area contributed by atoms with E-state index in [9.17, 15) is 23.8 Å². The van der Waals surface area contributed by atoms with Crippen LogP contribution in [0.1, 0.15) is 155 Å². The standard InChI is InChI=1S/C44H74NO10P/c1-3-5-7-9-11-13-15-17-19-20-22-24-26-28-30-32-34-36-43(47)55-40(38-53-56(50,51)54-39-41(45)44(48)49)37-52-42(46)35-33-31-29-27-25-23-21-18-16-14-12-10-8-6-4-2/h6,8,10-14,16-19,21,40-41H,3-5,7,9,15,20,22-39,45H2,1-2H3,(H,48,49)(H,50,51)/b8-6+,12-10+,13-11+,16-14+,19-17+,21-18+/t40-,41+/m1/s1. The molecule has 0 saturated heterocycles. The number of unbranched alkanes of at least 4 members (excludes halogenated alkanes) is 15. The van der Waals surface area contributed by atoms with Crippen molar-refractivity contribution < 1.29 is 47.5 Å². The van der Waals surface area contributed by atoms with Crippen LogP contribution in [0.15, 0.2) is 72.9 Å². The van der Waals surface area contributed by atoms with E-state index in [1.165, 1.54) is 38.5 Å². The third kappa shape index (κ3) is 37.8. The third-order valence-corrected chi connectivity index (χ3v) is 9.48. The van der Waals surface area contributed by atoms with Gasteiger partial charge in [-0.15, -0.1) is 0 Å². The quantitative estimate of drug-likeness (QED) is 0.0178. The zero-order chi connectivity index (χ0) is 41.4. The van der Waals surface area contributed by atoms with Crippen LogP contribution in [0.4, 0.5) is 0 Å². The Labute approximate surface area is 338 Å². The highest BCUT2D eigenvalue weighted by Crippen LogP contribution is 2.43. The fraction of sp³-hybridized carbons (Fsp3) is 0.659. The molecule has 0 heterocycles. The molecule has 0 amide bonds. The Morgan fingerprint density at radius 1 is 0.589 bits per heavy atom. The maximum atomic E-state index is 12.6. The highest BCUT2D eigenvalue weighted by Gasteiger charge is 2.28. The molecule has 0 aliphatic rings. The first kappa shape index (κ1) is 52.9. The second-order valence-corrected chi connectivity index (χ2v) is 15.3. The average Bonchev–Trinajstić information content (AvgIpc) is 3.17. The Balaban J connectivity index is 4.45. The van der Waals surface area contributed by atoms with E-state index in [0.29, 0.717) is 12.8 Å². The second-order valence-electron chi connectivity index (χ2n) is 13.8. The summed E-state index contributed by atoms with van der Waals surface area (Å²) in [6.45, 7) is 2.59. The number of phosphoric acid groups is 1. The van der Waals surface area contributed by atoms with Crippen LogP contribution in [0, 0.1) is 0 Å². The molecule has 3 atom stereocenters. The molecular formula is C44H74NO10P. The minimum atomic E-state index is -4.73. The lowest BCUT2D eigenvalue weighted by Gasteiger charge is -2.20. The van der Waals surface area contributed by atoms with E-state index >= 15 is 0 Å². The molecule has 0 rings (SSSR count). The Kier molecular flexibility index (Phi) is 36.6. The number of aliphatic carboxylic acids is 1. The number of carbonyl (C=O) groups excluding carboxylic acids is 2. The highest BCUT2D eigenvalue weighted by molar-refractivity contribution is 7.47. The molecule has 0 aromatic carbocycles. The van der Waals surface area contributed by atoms with Gasteiger partial charge in [-0.2, -0.15) is 0 Å². The van der Waals surface area contributed by atoms with Crippen LogP contribution in [0.3, 0.4) is 0 Å². The van der Waals surface area contributed by atoms with Crippen molar-refractivity contribution in [3.8, 4) is 0 Å². The summed E-state index contributed by atoms with van der Waals surface area (Å²) in [5.41, 5.74) is 5.33. The Bertz CT molecular complexity index is 1230. The normalized spacial score (nSPS) is 14.5. The summed E-state index contributed by atoms with van der Waals surface area (Å²) < 4.78 is 32.6. The van der Waals surface area contributed by atoms with E-state index in [-0.39, 0.29) is 19.4 Å². The van der Waals surface area contributed by atoms with Crippen molar-refractivity contribution in [2.75, 3.05) is 19.8 Å². The molecule has 0 aromatic rings. The lowest BCUT2D eigenvalue weighted by atomic mass is 10.1. The van der Waals surface area contributed by atoms with Gasteiger partial charge in [-0.3, -0.25) is 23.4 Å². The van der Waals surface area contributed by atoms with Crippen LogP contribution < -0.4 is 5.73 Å². The number of esters is 2. The van der Waals surface area contributed by atoms with Crippen molar-refractivity contribution >= 4 is 25.7 Å². The number of hydrogen-bond donors (Lipinski definition) is 3. The van der Waals surface area contributed by atoms with Crippen molar-refractivity contribution in [2.24, 2.45) is 5.73 Å². The minimum Gasteiger partial charge on any atom is -0.480 e. The number of ether oxygens (including phenoxy) is 2. The van der Waals surface area contributed by atoms with Gasteiger partial charge in [0.2, 0.25) is 0 Å². The molecule has 11 nitrogen and oxygen atoms in total. The molecule has 0 radical (unpaired) electrons. The van der Waals surface area contributed by atoms with E-state index < -0.39 is 51.1 Å². The van der Waals surface area contributed by atoms with Crippen LogP contribution in [0.2, 0.25) is 0 Å². The number of carboxylic acids is 1. The molecule has 4 N–H and O–H groups in total. The van der Waals surface area contributed by atoms with E-state index in [1.807, 2.05) is 36.5 Å². The molecule has 12 heteroatoms. The van der Waals surface area contributed by atoms with Gasteiger partial charge in [-0.1, -0.05) is 151 Å².